The molecule has 0 bridgehead atoms. The van der Waals surface area contributed by atoms with Crippen LogP contribution in [-0.2, 0) is 11.3 Å². The molecule has 0 aliphatic rings. The van der Waals surface area contributed by atoms with E-state index in [0.717, 1.165) is 6.42 Å². The molecule has 0 aliphatic carbocycles. The molecule has 0 radical (unpaired) electrons. The average Bonchev–Trinajstić information content (AvgIpc) is 2.70. The predicted molar refractivity (Wildman–Crippen MR) is 59.3 cm³/mol. The quantitative estimate of drug-likeness (QED) is 0.741. The zero-order valence-electron chi connectivity index (χ0n) is 9.18. The number of carbonyl (C=O) groups excluding carboxylic acids is 1. The highest BCUT2D eigenvalue weighted by atomic mass is 16.1. The van der Waals surface area contributed by atoms with E-state index in [2.05, 4.69) is 10.4 Å². The minimum Gasteiger partial charge on any atom is -0.350 e. The molecule has 4 heteroatoms. The Hall–Kier alpha value is -1.58. The van der Waals surface area contributed by atoms with Gasteiger partial charge in [0.1, 0.15) is 0 Å². The van der Waals surface area contributed by atoms with E-state index >= 15 is 0 Å². The molecule has 0 fully saturated rings. The Morgan fingerprint density at radius 2 is 2.47 bits per heavy atom. The highest BCUT2D eigenvalue weighted by Gasteiger charge is 2.00. The van der Waals surface area contributed by atoms with Gasteiger partial charge in [0.05, 0.1) is 6.54 Å². The van der Waals surface area contributed by atoms with Crippen molar-refractivity contribution in [3.05, 3.63) is 30.6 Å². The third kappa shape index (κ3) is 4.44. The molecule has 4 nitrogen and oxygen atoms in total. The van der Waals surface area contributed by atoms with E-state index in [-0.39, 0.29) is 11.9 Å². The Bertz CT molecular complexity index is 317. The van der Waals surface area contributed by atoms with Crippen LogP contribution in [0, 0.1) is 0 Å². The molecule has 1 rings (SSSR count). The number of hydrogen-bond acceptors (Lipinski definition) is 2. The molecule has 1 aromatic rings. The summed E-state index contributed by atoms with van der Waals surface area (Å²) in [5.74, 6) is -0.0449. The third-order valence-corrected chi connectivity index (χ3v) is 2.12. The summed E-state index contributed by atoms with van der Waals surface area (Å²) < 4.78 is 1.76. The summed E-state index contributed by atoms with van der Waals surface area (Å²) in [5.41, 5.74) is 0. The fourth-order valence-electron chi connectivity index (χ4n) is 1.07. The Kier molecular flexibility index (Phi) is 4.60. The maximum atomic E-state index is 11.3. The SMILES string of the molecule is CCC(C)NC(=O)/C=C/Cn1cccn1. The molecule has 0 saturated carbocycles. The van der Waals surface area contributed by atoms with Gasteiger partial charge in [-0.25, -0.2) is 0 Å². The molecule has 82 valence electrons. The smallest absolute Gasteiger partial charge is 0.243 e. The molecule has 1 heterocycles. The lowest BCUT2D eigenvalue weighted by Gasteiger charge is -2.08. The van der Waals surface area contributed by atoms with E-state index in [1.54, 1.807) is 23.0 Å². The predicted octanol–water partition coefficient (Wildman–Crippen LogP) is 1.35. The van der Waals surface area contributed by atoms with Gasteiger partial charge in [0.25, 0.3) is 0 Å². The van der Waals surface area contributed by atoms with Crippen molar-refractivity contribution in [2.75, 3.05) is 0 Å². The molecule has 0 aromatic carbocycles. The van der Waals surface area contributed by atoms with E-state index < -0.39 is 0 Å². The molecule has 1 amide bonds. The van der Waals surface area contributed by atoms with Crippen LogP contribution in [0.5, 0.6) is 0 Å². The maximum Gasteiger partial charge on any atom is 0.243 e. The number of amides is 1. The first-order valence-electron chi connectivity index (χ1n) is 5.17. The summed E-state index contributed by atoms with van der Waals surface area (Å²) in [7, 11) is 0. The van der Waals surface area contributed by atoms with Crippen molar-refractivity contribution in [3.63, 3.8) is 0 Å². The second-order valence-corrected chi connectivity index (χ2v) is 3.45. The van der Waals surface area contributed by atoms with Gasteiger partial charge in [-0.05, 0) is 19.4 Å². The van der Waals surface area contributed by atoms with Gasteiger partial charge < -0.3 is 5.32 Å². The fourth-order valence-corrected chi connectivity index (χ4v) is 1.07. The van der Waals surface area contributed by atoms with Crippen LogP contribution in [0.2, 0.25) is 0 Å². The normalized spacial score (nSPS) is 12.9. The van der Waals surface area contributed by atoms with Gasteiger partial charge in [-0.2, -0.15) is 5.10 Å². The van der Waals surface area contributed by atoms with Crippen LogP contribution >= 0.6 is 0 Å². The zero-order valence-corrected chi connectivity index (χ0v) is 9.18. The van der Waals surface area contributed by atoms with Gasteiger partial charge in [-0.3, -0.25) is 9.48 Å². The van der Waals surface area contributed by atoms with Crippen molar-refractivity contribution in [2.24, 2.45) is 0 Å². The number of rotatable bonds is 5. The van der Waals surface area contributed by atoms with Crippen molar-refractivity contribution in [1.29, 1.82) is 0 Å². The van der Waals surface area contributed by atoms with Gasteiger partial charge in [0.2, 0.25) is 5.91 Å². The fraction of sp³-hybridized carbons (Fsp3) is 0.455. The van der Waals surface area contributed by atoms with Gasteiger partial charge in [-0.1, -0.05) is 13.0 Å². The van der Waals surface area contributed by atoms with E-state index in [0.29, 0.717) is 6.54 Å². The highest BCUT2D eigenvalue weighted by molar-refractivity contribution is 5.87. The van der Waals surface area contributed by atoms with Gasteiger partial charge in [0.15, 0.2) is 0 Å². The third-order valence-electron chi connectivity index (χ3n) is 2.12. The molecule has 1 unspecified atom stereocenters. The summed E-state index contributed by atoms with van der Waals surface area (Å²) in [6, 6.07) is 2.08. The number of hydrogen-bond donors (Lipinski definition) is 1. The Labute approximate surface area is 90.0 Å². The lowest BCUT2D eigenvalue weighted by molar-refractivity contribution is -0.117. The second kappa shape index (κ2) is 6.01. The molecular formula is C11H17N3O. The van der Waals surface area contributed by atoms with Crippen LogP contribution in [0.15, 0.2) is 30.6 Å². The van der Waals surface area contributed by atoms with Crippen LogP contribution in [0.4, 0.5) is 0 Å². The van der Waals surface area contributed by atoms with Crippen molar-refractivity contribution < 1.29 is 4.79 Å². The number of aromatic nitrogens is 2. The Balaban J connectivity index is 2.29. The standard InChI is InChI=1S/C11H17N3O/c1-3-10(2)13-11(15)6-4-8-14-9-5-7-12-14/h4-7,9-10H,3,8H2,1-2H3,(H,13,15)/b6-4+. The number of nitrogens with one attached hydrogen (secondary N) is 1. The lowest BCUT2D eigenvalue weighted by Crippen LogP contribution is -2.30. The topological polar surface area (TPSA) is 46.9 Å². The zero-order chi connectivity index (χ0) is 11.1. The van der Waals surface area contributed by atoms with Gasteiger partial charge in [-0.15, -0.1) is 0 Å². The van der Waals surface area contributed by atoms with Gasteiger partial charge in [0, 0.05) is 24.5 Å². The van der Waals surface area contributed by atoms with Crippen LogP contribution < -0.4 is 5.32 Å². The van der Waals surface area contributed by atoms with Crippen molar-refractivity contribution >= 4 is 5.91 Å². The number of nitrogens with zero attached hydrogens (tertiary/aromatic N) is 2. The highest BCUT2D eigenvalue weighted by Crippen LogP contribution is 1.89. The molecule has 1 N–H and O–H groups in total. The van der Waals surface area contributed by atoms with E-state index in [1.807, 2.05) is 26.1 Å². The number of carbonyl (C=O) groups is 1. The van der Waals surface area contributed by atoms with Crippen molar-refractivity contribution in [1.82, 2.24) is 15.1 Å². The summed E-state index contributed by atoms with van der Waals surface area (Å²) in [5, 5.41) is 6.88. The first kappa shape index (κ1) is 11.5. The first-order valence-corrected chi connectivity index (χ1v) is 5.17. The van der Waals surface area contributed by atoms with Crippen molar-refractivity contribution in [2.45, 2.75) is 32.9 Å². The van der Waals surface area contributed by atoms with Crippen LogP contribution in [0.1, 0.15) is 20.3 Å². The van der Waals surface area contributed by atoms with Crippen LogP contribution in [0.25, 0.3) is 0 Å². The van der Waals surface area contributed by atoms with E-state index in [9.17, 15) is 4.79 Å². The second-order valence-electron chi connectivity index (χ2n) is 3.45. The van der Waals surface area contributed by atoms with Crippen molar-refractivity contribution in [3.8, 4) is 0 Å². The largest absolute Gasteiger partial charge is 0.350 e. The molecule has 1 atom stereocenters. The summed E-state index contributed by atoms with van der Waals surface area (Å²) in [6.07, 6.45) is 7.86. The minimum absolute atomic E-state index is 0.0449. The van der Waals surface area contributed by atoms with E-state index in [1.165, 1.54) is 0 Å². The van der Waals surface area contributed by atoms with E-state index in [4.69, 9.17) is 0 Å². The molecular weight excluding hydrogens is 190 g/mol. The first-order chi connectivity index (χ1) is 7.22. The molecule has 15 heavy (non-hydrogen) atoms. The Morgan fingerprint density at radius 1 is 1.67 bits per heavy atom. The molecule has 0 saturated heterocycles. The lowest BCUT2D eigenvalue weighted by atomic mass is 10.2. The summed E-state index contributed by atoms with van der Waals surface area (Å²) in [6.45, 7) is 4.65. The van der Waals surface area contributed by atoms with Crippen LogP contribution in [0.3, 0.4) is 0 Å². The van der Waals surface area contributed by atoms with Gasteiger partial charge >= 0.3 is 0 Å². The number of allylic oxidation sites excluding steroid dienone is 1. The summed E-state index contributed by atoms with van der Waals surface area (Å²) in [4.78, 5) is 11.3. The molecule has 0 spiro atoms. The Morgan fingerprint density at radius 3 is 3.07 bits per heavy atom. The monoisotopic (exact) mass is 207 g/mol. The summed E-state index contributed by atoms with van der Waals surface area (Å²) >= 11 is 0. The van der Waals surface area contributed by atoms with Crippen LogP contribution in [-0.4, -0.2) is 21.7 Å². The minimum atomic E-state index is -0.0449. The maximum absolute atomic E-state index is 11.3. The molecule has 0 aliphatic heterocycles. The molecule has 1 aromatic heterocycles. The average molecular weight is 207 g/mol.